The van der Waals surface area contributed by atoms with Crippen molar-refractivity contribution >= 4 is 35.6 Å². The van der Waals surface area contributed by atoms with Crippen LogP contribution in [0, 0.1) is 16.7 Å². The summed E-state index contributed by atoms with van der Waals surface area (Å²) >= 11 is 0. The highest BCUT2D eigenvalue weighted by Crippen LogP contribution is 2.64. The molecule has 3 aromatic carbocycles. The molecule has 15 heteroatoms. The molecule has 2 bridgehead atoms. The summed E-state index contributed by atoms with van der Waals surface area (Å²) in [7, 11) is 0. The van der Waals surface area contributed by atoms with Crippen LogP contribution in [0.2, 0.25) is 0 Å². The van der Waals surface area contributed by atoms with Crippen LogP contribution in [0.4, 0.5) is 0 Å². The van der Waals surface area contributed by atoms with Crippen LogP contribution in [0.25, 0.3) is 0 Å². The molecule has 3 aromatic rings. The maximum atomic E-state index is 15.5. The van der Waals surface area contributed by atoms with E-state index in [1.807, 2.05) is 0 Å². The molecule has 3 aliphatic carbocycles. The van der Waals surface area contributed by atoms with Crippen LogP contribution < -0.4 is 5.32 Å². The maximum absolute atomic E-state index is 15.5. The molecule has 3 fully saturated rings. The van der Waals surface area contributed by atoms with Crippen LogP contribution in [0.3, 0.4) is 0 Å². The second-order valence-electron chi connectivity index (χ2n) is 17.4. The third-order valence-corrected chi connectivity index (χ3v) is 13.5. The number of esters is 4. The number of carbonyl (C=O) groups is 6. The van der Waals surface area contributed by atoms with Crippen molar-refractivity contribution in [2.24, 2.45) is 16.7 Å². The van der Waals surface area contributed by atoms with Gasteiger partial charge in [0.1, 0.15) is 23.9 Å². The van der Waals surface area contributed by atoms with Crippen molar-refractivity contribution in [3.05, 3.63) is 119 Å². The molecule has 328 valence electrons. The topological polar surface area (TPSA) is 221 Å². The first-order valence-corrected chi connectivity index (χ1v) is 20.5. The zero-order valence-electron chi connectivity index (χ0n) is 35.2. The largest absolute Gasteiger partial charge is 0.456 e. The van der Waals surface area contributed by atoms with E-state index in [0.29, 0.717) is 5.56 Å². The number of amides is 1. The van der Waals surface area contributed by atoms with Crippen molar-refractivity contribution < 1.29 is 67.8 Å². The summed E-state index contributed by atoms with van der Waals surface area (Å²) in [5, 5.41) is 40.2. The van der Waals surface area contributed by atoms with Gasteiger partial charge in [0.15, 0.2) is 23.6 Å². The fourth-order valence-corrected chi connectivity index (χ4v) is 10.2. The number of benzene rings is 3. The second kappa shape index (κ2) is 16.5. The number of Topliss-reactive ketones (excluding diaryl/α,β-unsaturated/α-hetero) is 1. The Labute approximate surface area is 358 Å². The van der Waals surface area contributed by atoms with Crippen LogP contribution >= 0.6 is 0 Å². The minimum Gasteiger partial charge on any atom is -0.456 e. The minimum atomic E-state index is -2.39. The minimum absolute atomic E-state index is 0.00289. The number of carbonyl (C=O) groups excluding carboxylic acids is 6. The molecule has 11 atom stereocenters. The fraction of sp³-hybridized carbons (Fsp3) is 0.447. The van der Waals surface area contributed by atoms with E-state index in [0.717, 1.165) is 13.8 Å². The third-order valence-electron chi connectivity index (χ3n) is 13.5. The average molecular weight is 854 g/mol. The number of aliphatic hydroxyl groups excluding tert-OH is 2. The number of rotatable bonds is 10. The second-order valence-corrected chi connectivity index (χ2v) is 17.4. The molecule has 7 rings (SSSR count). The van der Waals surface area contributed by atoms with Gasteiger partial charge in [-0.2, -0.15) is 0 Å². The molecule has 62 heavy (non-hydrogen) atoms. The van der Waals surface area contributed by atoms with Crippen LogP contribution in [0.1, 0.15) is 86.7 Å². The van der Waals surface area contributed by atoms with E-state index in [1.54, 1.807) is 92.7 Å². The van der Waals surface area contributed by atoms with Gasteiger partial charge in [-0.1, -0.05) is 80.6 Å². The molecule has 1 aliphatic heterocycles. The van der Waals surface area contributed by atoms with Gasteiger partial charge in [0.2, 0.25) is 0 Å². The van der Waals surface area contributed by atoms with Crippen LogP contribution in [0.5, 0.6) is 0 Å². The number of aliphatic hydroxyl groups is 3. The number of ether oxygens (including phenoxy) is 5. The van der Waals surface area contributed by atoms with Gasteiger partial charge in [0, 0.05) is 37.7 Å². The van der Waals surface area contributed by atoms with Gasteiger partial charge in [-0.15, -0.1) is 0 Å². The summed E-state index contributed by atoms with van der Waals surface area (Å²) in [6.07, 6.45) is -10.5. The number of ketones is 1. The summed E-state index contributed by atoms with van der Waals surface area (Å²) in [4.78, 5) is 83.5. The van der Waals surface area contributed by atoms with Crippen molar-refractivity contribution in [2.75, 3.05) is 6.61 Å². The fourth-order valence-electron chi connectivity index (χ4n) is 10.2. The lowest BCUT2D eigenvalue weighted by Crippen LogP contribution is -2.82. The van der Waals surface area contributed by atoms with Crippen molar-refractivity contribution in [2.45, 2.75) is 108 Å². The van der Waals surface area contributed by atoms with E-state index < -0.39 is 113 Å². The first-order valence-electron chi connectivity index (χ1n) is 20.5. The van der Waals surface area contributed by atoms with Crippen LogP contribution in [-0.2, 0) is 42.9 Å². The lowest BCUT2D eigenvalue weighted by molar-refractivity contribution is -0.346. The molecule has 2 saturated carbocycles. The molecule has 4 aliphatic rings. The zero-order valence-corrected chi connectivity index (χ0v) is 35.2. The molecule has 15 nitrogen and oxygen atoms in total. The average Bonchev–Trinajstić information content (AvgIpc) is 3.24. The lowest BCUT2D eigenvalue weighted by Gasteiger charge is -2.67. The van der Waals surface area contributed by atoms with Gasteiger partial charge < -0.3 is 44.3 Å². The van der Waals surface area contributed by atoms with Gasteiger partial charge in [0.25, 0.3) is 5.91 Å². The Hall–Kier alpha value is -5.74. The Morgan fingerprint density at radius 3 is 1.95 bits per heavy atom. The maximum Gasteiger partial charge on any atom is 0.338 e. The van der Waals surface area contributed by atoms with Crippen molar-refractivity contribution in [1.29, 1.82) is 0 Å². The Balaban J connectivity index is 1.39. The van der Waals surface area contributed by atoms with Gasteiger partial charge in [0.05, 0.1) is 35.6 Å². The standard InChI is InChI=1S/C47H51NO14/c1-25-31(60-43(56)36(52)35(28-16-10-7-11-17-28)48-41(54)29-18-12-8-13-19-29)23-47(57)40(61-42(55)30-20-14-9-15-21-30)38-45(6,32(51)22-33-46(38,24-58-33)62-27(3)50)39(53)37(59-26(2)49)34(25)44(47,4)5/h7-21,31-33,35-38,40,51-52,57H,22-24H2,1-6H3,(H,48,54)/t31?,32?,33?,35?,36?,37?,38?,40?,45-,46+,47+/m1/s1. The molecule has 1 heterocycles. The Morgan fingerprint density at radius 2 is 1.40 bits per heavy atom. The lowest BCUT2D eigenvalue weighted by atomic mass is 9.44. The molecule has 4 N–H and O–H groups in total. The normalized spacial score (nSPS) is 31.9. The molecular weight excluding hydrogens is 803 g/mol. The van der Waals surface area contributed by atoms with Gasteiger partial charge in [-0.3, -0.25) is 19.2 Å². The summed E-state index contributed by atoms with van der Waals surface area (Å²) in [5.74, 6) is -6.84. The van der Waals surface area contributed by atoms with Gasteiger partial charge >= 0.3 is 23.9 Å². The first kappa shape index (κ1) is 44.3. The predicted octanol–water partition coefficient (Wildman–Crippen LogP) is 3.74. The van der Waals surface area contributed by atoms with Crippen LogP contribution in [0.15, 0.2) is 102 Å². The van der Waals surface area contributed by atoms with E-state index in [2.05, 4.69) is 5.32 Å². The molecular formula is C47H51NO14. The molecule has 1 saturated heterocycles. The Morgan fingerprint density at radius 1 is 0.823 bits per heavy atom. The highest BCUT2D eigenvalue weighted by Gasteiger charge is 2.78. The van der Waals surface area contributed by atoms with E-state index in [-0.39, 0.29) is 35.3 Å². The summed E-state index contributed by atoms with van der Waals surface area (Å²) in [6.45, 7) is 7.97. The number of hydrogen-bond donors (Lipinski definition) is 4. The quantitative estimate of drug-likeness (QED) is 0.130. The summed E-state index contributed by atoms with van der Waals surface area (Å²) < 4.78 is 30.3. The highest BCUT2D eigenvalue weighted by atomic mass is 16.6. The molecule has 8 unspecified atom stereocenters. The smallest absolute Gasteiger partial charge is 0.338 e. The van der Waals surface area contributed by atoms with Gasteiger partial charge in [-0.25, -0.2) is 9.59 Å². The predicted molar refractivity (Wildman–Crippen MR) is 218 cm³/mol. The SMILES string of the molecule is CC(=O)OC1C(=O)[C@]2(C)C(O)CC3OC[C@@]3(OC(C)=O)C2C(OC(=O)c2ccccc2)[C@@]2(O)CC(OC(=O)C(O)C(NC(=O)c3ccccc3)c3ccccc3)C(C)=C1C2(C)C. The Bertz CT molecular complexity index is 2280. The molecule has 1 amide bonds. The van der Waals surface area contributed by atoms with Gasteiger partial charge in [-0.05, 0) is 54.8 Å². The summed E-state index contributed by atoms with van der Waals surface area (Å²) in [6, 6.07) is 22.9. The number of nitrogens with one attached hydrogen (secondary N) is 1. The monoisotopic (exact) mass is 853 g/mol. The number of fused-ring (bicyclic) bond motifs is 5. The first-order chi connectivity index (χ1) is 29.3. The van der Waals surface area contributed by atoms with Crippen molar-refractivity contribution in [3.8, 4) is 0 Å². The third kappa shape index (κ3) is 7.29. The summed E-state index contributed by atoms with van der Waals surface area (Å²) in [5.41, 5.74) is -7.02. The number of hydrogen-bond acceptors (Lipinski definition) is 14. The van der Waals surface area contributed by atoms with Crippen LogP contribution in [-0.4, -0.2) is 105 Å². The van der Waals surface area contributed by atoms with E-state index >= 15 is 4.79 Å². The van der Waals surface area contributed by atoms with Crippen molar-refractivity contribution in [3.63, 3.8) is 0 Å². The molecule has 0 radical (unpaired) electrons. The van der Waals surface area contributed by atoms with E-state index in [4.69, 9.17) is 23.7 Å². The molecule has 0 spiro atoms. The molecule has 0 aromatic heterocycles. The highest BCUT2D eigenvalue weighted by molar-refractivity contribution is 5.96. The Kier molecular flexibility index (Phi) is 11.8. The van der Waals surface area contributed by atoms with E-state index in [9.17, 15) is 39.3 Å². The van der Waals surface area contributed by atoms with Crippen molar-refractivity contribution in [1.82, 2.24) is 5.32 Å². The zero-order chi connectivity index (χ0) is 44.9. The van der Waals surface area contributed by atoms with E-state index in [1.165, 1.54) is 26.0 Å².